The Morgan fingerprint density at radius 2 is 2.00 bits per heavy atom. The van der Waals surface area contributed by atoms with Gasteiger partial charge < -0.3 is 10.1 Å². The first-order valence-corrected chi connectivity index (χ1v) is 6.97. The van der Waals surface area contributed by atoms with Gasteiger partial charge in [0.05, 0.1) is 5.69 Å². The molecule has 3 heterocycles. The van der Waals surface area contributed by atoms with E-state index in [1.54, 1.807) is 0 Å². The molecule has 1 saturated heterocycles. The average Bonchev–Trinajstić information content (AvgIpc) is 2.96. The maximum atomic E-state index is 6.24. The lowest BCUT2D eigenvalue weighted by atomic mass is 9.94. The minimum Gasteiger partial charge on any atom is -0.486 e. The first-order chi connectivity index (χ1) is 8.59. The molecule has 1 N–H and O–H groups in total. The molecule has 0 bridgehead atoms. The molecule has 2 aliphatic heterocycles. The Morgan fingerprint density at radius 1 is 1.22 bits per heavy atom. The van der Waals surface area contributed by atoms with Crippen LogP contribution in [-0.4, -0.2) is 23.7 Å². The van der Waals surface area contributed by atoms with Crippen molar-refractivity contribution in [3.63, 3.8) is 0 Å². The van der Waals surface area contributed by atoms with Crippen molar-refractivity contribution >= 4 is 0 Å². The maximum Gasteiger partial charge on any atom is 0.144 e. The van der Waals surface area contributed by atoms with Crippen LogP contribution >= 0.6 is 0 Å². The Labute approximate surface area is 109 Å². The van der Waals surface area contributed by atoms with Crippen molar-refractivity contribution in [2.75, 3.05) is 6.54 Å². The number of hydrogen-bond donors (Lipinski definition) is 1. The highest BCUT2D eigenvalue weighted by molar-refractivity contribution is 5.48. The standard InChI is InChI=1S/C15H22N2O/c1-8-9(2)15-13(17-11(8)4)10(3)14(18-15)12-6-5-7-16-12/h10,12,14,16H,5-7H2,1-4H3. The van der Waals surface area contributed by atoms with E-state index in [0.29, 0.717) is 12.0 Å². The molecule has 0 saturated carbocycles. The van der Waals surface area contributed by atoms with E-state index in [2.05, 4.69) is 33.0 Å². The van der Waals surface area contributed by atoms with Crippen LogP contribution in [0.15, 0.2) is 0 Å². The van der Waals surface area contributed by atoms with E-state index < -0.39 is 0 Å². The second-order valence-corrected chi connectivity index (χ2v) is 5.74. The zero-order valence-corrected chi connectivity index (χ0v) is 11.7. The molecule has 3 nitrogen and oxygen atoms in total. The minimum atomic E-state index is 0.259. The summed E-state index contributed by atoms with van der Waals surface area (Å²) in [5, 5.41) is 3.56. The van der Waals surface area contributed by atoms with Gasteiger partial charge in [0.1, 0.15) is 11.9 Å². The number of hydrogen-bond acceptors (Lipinski definition) is 3. The fourth-order valence-corrected chi connectivity index (χ4v) is 3.22. The van der Waals surface area contributed by atoms with E-state index in [-0.39, 0.29) is 6.10 Å². The number of pyridine rings is 1. The van der Waals surface area contributed by atoms with Crippen LogP contribution in [0.3, 0.4) is 0 Å². The van der Waals surface area contributed by atoms with Crippen LogP contribution in [0.5, 0.6) is 5.75 Å². The van der Waals surface area contributed by atoms with E-state index in [9.17, 15) is 0 Å². The summed E-state index contributed by atoms with van der Waals surface area (Å²) in [7, 11) is 0. The highest BCUT2D eigenvalue weighted by Gasteiger charge is 2.40. The van der Waals surface area contributed by atoms with Crippen molar-refractivity contribution in [2.24, 2.45) is 0 Å². The molecule has 2 aliphatic rings. The number of nitrogens with one attached hydrogen (secondary N) is 1. The fourth-order valence-electron chi connectivity index (χ4n) is 3.22. The van der Waals surface area contributed by atoms with Crippen molar-refractivity contribution in [2.45, 2.75) is 58.6 Å². The summed E-state index contributed by atoms with van der Waals surface area (Å²) in [5.41, 5.74) is 4.84. The Kier molecular flexibility index (Phi) is 2.81. The van der Waals surface area contributed by atoms with Gasteiger partial charge in [-0.05, 0) is 51.3 Å². The summed E-state index contributed by atoms with van der Waals surface area (Å²) in [5.74, 6) is 1.44. The molecule has 0 radical (unpaired) electrons. The number of ether oxygens (including phenoxy) is 1. The van der Waals surface area contributed by atoms with Gasteiger partial charge in [0, 0.05) is 17.7 Å². The van der Waals surface area contributed by atoms with E-state index in [0.717, 1.165) is 23.7 Å². The molecule has 0 aromatic carbocycles. The molecule has 18 heavy (non-hydrogen) atoms. The second-order valence-electron chi connectivity index (χ2n) is 5.74. The molecule has 1 fully saturated rings. The monoisotopic (exact) mass is 246 g/mol. The molecule has 0 spiro atoms. The van der Waals surface area contributed by atoms with Crippen LogP contribution < -0.4 is 10.1 Å². The first kappa shape index (κ1) is 12.0. The molecule has 0 amide bonds. The topological polar surface area (TPSA) is 34.1 Å². The zero-order chi connectivity index (χ0) is 12.9. The fraction of sp³-hybridized carbons (Fsp3) is 0.667. The van der Waals surface area contributed by atoms with Gasteiger partial charge in [-0.15, -0.1) is 0 Å². The predicted molar refractivity (Wildman–Crippen MR) is 72.3 cm³/mol. The van der Waals surface area contributed by atoms with Crippen molar-refractivity contribution < 1.29 is 4.74 Å². The largest absolute Gasteiger partial charge is 0.486 e. The normalized spacial score (nSPS) is 30.3. The highest BCUT2D eigenvalue weighted by atomic mass is 16.5. The lowest BCUT2D eigenvalue weighted by molar-refractivity contribution is 0.167. The number of nitrogens with zero attached hydrogens (tertiary/aromatic N) is 1. The van der Waals surface area contributed by atoms with E-state index >= 15 is 0 Å². The second kappa shape index (κ2) is 4.23. The van der Waals surface area contributed by atoms with Crippen LogP contribution in [0.2, 0.25) is 0 Å². The van der Waals surface area contributed by atoms with Gasteiger partial charge in [0.15, 0.2) is 0 Å². The summed E-state index contributed by atoms with van der Waals surface area (Å²) in [4.78, 5) is 4.76. The van der Waals surface area contributed by atoms with Gasteiger partial charge in [0.25, 0.3) is 0 Å². The molecule has 3 heteroatoms. The Bertz CT molecular complexity index is 478. The number of fused-ring (bicyclic) bond motifs is 1. The van der Waals surface area contributed by atoms with Gasteiger partial charge in [-0.25, -0.2) is 0 Å². The van der Waals surface area contributed by atoms with Crippen molar-refractivity contribution in [1.29, 1.82) is 0 Å². The number of aryl methyl sites for hydroxylation is 1. The Morgan fingerprint density at radius 3 is 2.67 bits per heavy atom. The summed E-state index contributed by atoms with van der Waals surface area (Å²) in [6.07, 6.45) is 2.74. The van der Waals surface area contributed by atoms with Gasteiger partial charge in [0.2, 0.25) is 0 Å². The molecule has 1 aromatic rings. The molecular weight excluding hydrogens is 224 g/mol. The quantitative estimate of drug-likeness (QED) is 0.827. The van der Waals surface area contributed by atoms with Gasteiger partial charge in [-0.2, -0.15) is 0 Å². The third-order valence-electron chi connectivity index (χ3n) is 4.64. The van der Waals surface area contributed by atoms with Crippen LogP contribution in [0.1, 0.15) is 48.2 Å². The van der Waals surface area contributed by atoms with E-state index in [1.165, 1.54) is 24.0 Å². The van der Waals surface area contributed by atoms with Gasteiger partial charge in [-0.1, -0.05) is 6.92 Å². The number of rotatable bonds is 1. The van der Waals surface area contributed by atoms with Crippen LogP contribution in [0, 0.1) is 20.8 Å². The minimum absolute atomic E-state index is 0.259. The summed E-state index contributed by atoms with van der Waals surface area (Å²) in [6, 6.07) is 0.495. The molecule has 0 aliphatic carbocycles. The van der Waals surface area contributed by atoms with E-state index in [1.807, 2.05) is 0 Å². The zero-order valence-electron chi connectivity index (χ0n) is 11.7. The van der Waals surface area contributed by atoms with Crippen LogP contribution in [0.4, 0.5) is 0 Å². The molecule has 3 unspecified atom stereocenters. The average molecular weight is 246 g/mol. The lowest BCUT2D eigenvalue weighted by Gasteiger charge is -2.22. The Balaban J connectivity index is 1.98. The third kappa shape index (κ3) is 1.64. The summed E-state index contributed by atoms with van der Waals surface area (Å²) in [6.45, 7) is 9.75. The van der Waals surface area contributed by atoms with E-state index in [4.69, 9.17) is 9.72 Å². The van der Waals surface area contributed by atoms with Gasteiger partial charge in [-0.3, -0.25) is 4.98 Å². The predicted octanol–water partition coefficient (Wildman–Crippen LogP) is 2.62. The number of aromatic nitrogens is 1. The molecule has 3 rings (SSSR count). The van der Waals surface area contributed by atoms with Crippen LogP contribution in [0.25, 0.3) is 0 Å². The summed E-state index contributed by atoms with van der Waals surface area (Å²) < 4.78 is 6.24. The van der Waals surface area contributed by atoms with Crippen molar-refractivity contribution in [3.05, 3.63) is 22.5 Å². The lowest BCUT2D eigenvalue weighted by Crippen LogP contribution is -2.39. The van der Waals surface area contributed by atoms with Crippen molar-refractivity contribution in [3.8, 4) is 5.75 Å². The SMILES string of the molecule is Cc1nc2c(c(C)c1C)OC(C1CCCN1)C2C. The first-order valence-electron chi connectivity index (χ1n) is 6.97. The highest BCUT2D eigenvalue weighted by Crippen LogP contribution is 2.42. The Hall–Kier alpha value is -1.09. The molecule has 98 valence electrons. The molecule has 1 aromatic heterocycles. The summed E-state index contributed by atoms with van der Waals surface area (Å²) >= 11 is 0. The molecular formula is C15H22N2O. The van der Waals surface area contributed by atoms with Crippen LogP contribution in [-0.2, 0) is 0 Å². The molecule has 3 atom stereocenters. The smallest absolute Gasteiger partial charge is 0.144 e. The maximum absolute atomic E-state index is 6.24. The van der Waals surface area contributed by atoms with Crippen molar-refractivity contribution in [1.82, 2.24) is 10.3 Å². The van der Waals surface area contributed by atoms with Gasteiger partial charge >= 0.3 is 0 Å². The third-order valence-corrected chi connectivity index (χ3v) is 4.64.